The first kappa shape index (κ1) is 16.5. The Morgan fingerprint density at radius 2 is 1.59 bits per heavy atom. The molecule has 2 aromatic carbocycles. The van der Waals surface area contributed by atoms with Crippen molar-refractivity contribution < 1.29 is 9.22 Å². The molecule has 0 amide bonds. The van der Waals surface area contributed by atoms with Gasteiger partial charge < -0.3 is 4.43 Å². The molecule has 2 aromatic rings. The number of carbonyl (C=O) groups excluding carboxylic acids is 1. The van der Waals surface area contributed by atoms with Crippen molar-refractivity contribution in [2.75, 3.05) is 0 Å². The normalized spacial score (nSPS) is 12.0. The Kier molecular flexibility index (Phi) is 4.57. The van der Waals surface area contributed by atoms with Crippen LogP contribution in [0.25, 0.3) is 11.1 Å². The van der Waals surface area contributed by atoms with E-state index in [1.807, 2.05) is 36.4 Å². The van der Waals surface area contributed by atoms with E-state index >= 15 is 0 Å². The molecular weight excluding hydrogens is 288 g/mol. The molecule has 0 fully saturated rings. The molecule has 116 valence electrons. The Bertz CT molecular complexity index is 652. The lowest BCUT2D eigenvalue weighted by molar-refractivity contribution is 0.112. The number of rotatable bonds is 4. The average molecular weight is 312 g/mol. The molecule has 0 aliphatic carbocycles. The van der Waals surface area contributed by atoms with Crippen LogP contribution >= 0.6 is 0 Å². The van der Waals surface area contributed by atoms with E-state index in [4.69, 9.17) is 4.43 Å². The second kappa shape index (κ2) is 6.09. The lowest BCUT2D eigenvalue weighted by atomic mass is 10.0. The molecule has 0 bridgehead atoms. The van der Waals surface area contributed by atoms with Crippen LogP contribution in [-0.4, -0.2) is 14.6 Å². The summed E-state index contributed by atoms with van der Waals surface area (Å²) in [5.41, 5.74) is 2.89. The van der Waals surface area contributed by atoms with Gasteiger partial charge in [-0.25, -0.2) is 0 Å². The molecule has 0 saturated heterocycles. The van der Waals surface area contributed by atoms with Crippen LogP contribution in [0.5, 0.6) is 5.75 Å². The molecule has 0 aromatic heterocycles. The molecule has 2 rings (SSSR count). The summed E-state index contributed by atoms with van der Waals surface area (Å²) in [5.74, 6) is 0.920. The quantitative estimate of drug-likeness (QED) is 0.546. The first-order chi connectivity index (χ1) is 10.2. The first-order valence-corrected chi connectivity index (χ1v) is 10.5. The molecule has 0 aliphatic heterocycles. The Balaban J connectivity index is 2.28. The molecule has 0 unspecified atom stereocenters. The van der Waals surface area contributed by atoms with Crippen LogP contribution in [0, 0.1) is 0 Å². The predicted molar refractivity (Wildman–Crippen MR) is 95.1 cm³/mol. The van der Waals surface area contributed by atoms with Gasteiger partial charge in [0.15, 0.2) is 0 Å². The molecule has 0 N–H and O–H groups in total. The van der Waals surface area contributed by atoms with E-state index in [-0.39, 0.29) is 5.04 Å². The van der Waals surface area contributed by atoms with Gasteiger partial charge in [-0.05, 0) is 41.4 Å². The SMILES string of the molecule is CC(C)(C)[Si](C)(C)Oc1cccc(-c2ccc(C=O)cc2)c1. The third kappa shape index (κ3) is 3.66. The number of hydrogen-bond donors (Lipinski definition) is 0. The van der Waals surface area contributed by atoms with Crippen molar-refractivity contribution in [1.29, 1.82) is 0 Å². The van der Waals surface area contributed by atoms with Crippen LogP contribution in [0.4, 0.5) is 0 Å². The maximum Gasteiger partial charge on any atom is 0.250 e. The van der Waals surface area contributed by atoms with Gasteiger partial charge in [0.1, 0.15) is 12.0 Å². The van der Waals surface area contributed by atoms with Crippen molar-refractivity contribution in [2.45, 2.75) is 38.9 Å². The fourth-order valence-corrected chi connectivity index (χ4v) is 2.96. The van der Waals surface area contributed by atoms with Crippen LogP contribution in [0.15, 0.2) is 48.5 Å². The molecule has 0 spiro atoms. The summed E-state index contributed by atoms with van der Waals surface area (Å²) in [4.78, 5) is 10.7. The zero-order valence-electron chi connectivity index (χ0n) is 14.0. The largest absolute Gasteiger partial charge is 0.543 e. The van der Waals surface area contributed by atoms with Crippen molar-refractivity contribution >= 4 is 14.6 Å². The van der Waals surface area contributed by atoms with Gasteiger partial charge in [-0.3, -0.25) is 4.79 Å². The molecular formula is C19H24O2Si. The highest BCUT2D eigenvalue weighted by Gasteiger charge is 2.38. The summed E-state index contributed by atoms with van der Waals surface area (Å²) in [6, 6.07) is 15.8. The minimum absolute atomic E-state index is 0.175. The lowest BCUT2D eigenvalue weighted by Crippen LogP contribution is -2.43. The Morgan fingerprint density at radius 1 is 0.955 bits per heavy atom. The van der Waals surface area contributed by atoms with Gasteiger partial charge in [0.05, 0.1) is 0 Å². The Hall–Kier alpha value is -1.87. The highest BCUT2D eigenvalue weighted by atomic mass is 28.4. The van der Waals surface area contributed by atoms with Crippen molar-refractivity contribution in [1.82, 2.24) is 0 Å². The molecule has 0 saturated carbocycles. The summed E-state index contributed by atoms with van der Waals surface area (Å²) in [6.45, 7) is 11.2. The number of aldehydes is 1. The van der Waals surface area contributed by atoms with Crippen LogP contribution < -0.4 is 4.43 Å². The third-order valence-electron chi connectivity index (χ3n) is 4.39. The second-order valence-corrected chi connectivity index (χ2v) is 11.9. The van der Waals surface area contributed by atoms with E-state index in [1.165, 1.54) is 0 Å². The van der Waals surface area contributed by atoms with E-state index in [0.717, 1.165) is 23.2 Å². The van der Waals surface area contributed by atoms with Crippen molar-refractivity contribution in [3.63, 3.8) is 0 Å². The van der Waals surface area contributed by atoms with E-state index < -0.39 is 8.32 Å². The number of benzene rings is 2. The van der Waals surface area contributed by atoms with E-state index in [0.29, 0.717) is 5.56 Å². The fraction of sp³-hybridized carbons (Fsp3) is 0.316. The summed E-state index contributed by atoms with van der Waals surface area (Å²) in [5, 5.41) is 0.175. The fourth-order valence-electron chi connectivity index (χ4n) is 1.94. The molecule has 2 nitrogen and oxygen atoms in total. The van der Waals surface area contributed by atoms with Gasteiger partial charge in [-0.2, -0.15) is 0 Å². The maximum atomic E-state index is 10.7. The van der Waals surface area contributed by atoms with Crippen LogP contribution in [0.1, 0.15) is 31.1 Å². The van der Waals surface area contributed by atoms with Crippen LogP contribution in [-0.2, 0) is 0 Å². The third-order valence-corrected chi connectivity index (χ3v) is 8.75. The van der Waals surface area contributed by atoms with Gasteiger partial charge in [0, 0.05) is 5.56 Å². The minimum Gasteiger partial charge on any atom is -0.543 e. The molecule has 0 aliphatic rings. The zero-order valence-corrected chi connectivity index (χ0v) is 15.0. The summed E-state index contributed by atoms with van der Waals surface area (Å²) >= 11 is 0. The minimum atomic E-state index is -1.83. The van der Waals surface area contributed by atoms with Crippen molar-refractivity contribution in [3.05, 3.63) is 54.1 Å². The molecule has 0 heterocycles. The molecule has 3 heteroatoms. The van der Waals surface area contributed by atoms with E-state index in [1.54, 1.807) is 0 Å². The monoisotopic (exact) mass is 312 g/mol. The smallest absolute Gasteiger partial charge is 0.250 e. The van der Waals surface area contributed by atoms with Crippen LogP contribution in [0.3, 0.4) is 0 Å². The molecule has 22 heavy (non-hydrogen) atoms. The number of carbonyl (C=O) groups is 1. The summed E-state index contributed by atoms with van der Waals surface area (Å²) < 4.78 is 6.36. The standard InChI is InChI=1S/C19H24O2Si/c1-19(2,3)22(4,5)21-18-8-6-7-17(13-18)16-11-9-15(14-20)10-12-16/h6-14H,1-5H3. The molecule has 0 atom stereocenters. The van der Waals surface area contributed by atoms with Gasteiger partial charge in [-0.15, -0.1) is 0 Å². The van der Waals surface area contributed by atoms with Gasteiger partial charge in [0.25, 0.3) is 0 Å². The van der Waals surface area contributed by atoms with Gasteiger partial charge in [0.2, 0.25) is 8.32 Å². The van der Waals surface area contributed by atoms with Crippen LogP contribution in [0.2, 0.25) is 18.1 Å². The topological polar surface area (TPSA) is 26.3 Å². The maximum absolute atomic E-state index is 10.7. The highest BCUT2D eigenvalue weighted by Crippen LogP contribution is 2.38. The van der Waals surface area contributed by atoms with Crippen molar-refractivity contribution in [2.24, 2.45) is 0 Å². The van der Waals surface area contributed by atoms with Gasteiger partial charge in [-0.1, -0.05) is 57.2 Å². The van der Waals surface area contributed by atoms with Gasteiger partial charge >= 0.3 is 0 Å². The summed E-state index contributed by atoms with van der Waals surface area (Å²) in [7, 11) is -1.83. The average Bonchev–Trinajstić information content (AvgIpc) is 2.46. The zero-order chi connectivity index (χ0) is 16.4. The van der Waals surface area contributed by atoms with E-state index in [2.05, 4.69) is 46.0 Å². The van der Waals surface area contributed by atoms with Crippen molar-refractivity contribution in [3.8, 4) is 16.9 Å². The summed E-state index contributed by atoms with van der Waals surface area (Å²) in [6.07, 6.45) is 0.862. The second-order valence-electron chi connectivity index (χ2n) is 7.13. The predicted octanol–water partition coefficient (Wildman–Crippen LogP) is 5.55. The first-order valence-electron chi connectivity index (χ1n) is 7.58. The Morgan fingerprint density at radius 3 is 2.14 bits per heavy atom. The number of hydrogen-bond acceptors (Lipinski definition) is 2. The highest BCUT2D eigenvalue weighted by molar-refractivity contribution is 6.74. The molecule has 0 radical (unpaired) electrons. The Labute approximate surface area is 134 Å². The van der Waals surface area contributed by atoms with E-state index in [9.17, 15) is 4.79 Å². The lowest BCUT2D eigenvalue weighted by Gasteiger charge is -2.36.